The van der Waals surface area contributed by atoms with Crippen molar-refractivity contribution in [3.63, 3.8) is 0 Å². The number of morpholine rings is 1. The van der Waals surface area contributed by atoms with Crippen LogP contribution < -0.4 is 5.32 Å². The third-order valence-electron chi connectivity index (χ3n) is 3.49. The van der Waals surface area contributed by atoms with E-state index in [1.165, 1.54) is 0 Å². The first-order chi connectivity index (χ1) is 9.29. The Kier molecular flexibility index (Phi) is 5.42. The Balaban J connectivity index is 1.67. The molecule has 2 rings (SSSR count). The second-order valence-corrected chi connectivity index (χ2v) is 4.78. The molecule has 2 heterocycles. The monoisotopic (exact) mass is 266 g/mol. The molecule has 1 saturated heterocycles. The van der Waals surface area contributed by atoms with Gasteiger partial charge in [-0.15, -0.1) is 0 Å². The molecule has 5 nitrogen and oxygen atoms in total. The van der Waals surface area contributed by atoms with E-state index in [1.54, 1.807) is 6.26 Å². The number of hydrogen-bond donors (Lipinski definition) is 1. The number of carbonyl (C=O) groups is 1. The van der Waals surface area contributed by atoms with Crippen LogP contribution in [-0.2, 0) is 16.1 Å². The molecule has 1 aromatic rings. The third-order valence-corrected chi connectivity index (χ3v) is 3.49. The maximum absolute atomic E-state index is 11.8. The van der Waals surface area contributed by atoms with E-state index in [1.807, 2.05) is 12.1 Å². The summed E-state index contributed by atoms with van der Waals surface area (Å²) in [6.45, 7) is 5.89. The van der Waals surface area contributed by atoms with E-state index >= 15 is 0 Å². The van der Waals surface area contributed by atoms with Gasteiger partial charge in [0.2, 0.25) is 5.91 Å². The van der Waals surface area contributed by atoms with Crippen LogP contribution in [0, 0.1) is 0 Å². The number of hydrogen-bond acceptors (Lipinski definition) is 4. The van der Waals surface area contributed by atoms with Gasteiger partial charge in [-0.25, -0.2) is 0 Å². The molecule has 1 aromatic heterocycles. The van der Waals surface area contributed by atoms with Crippen LogP contribution in [0.1, 0.15) is 25.5 Å². The molecule has 0 spiro atoms. The number of rotatable bonds is 6. The lowest BCUT2D eigenvalue weighted by molar-refractivity contribution is -0.122. The summed E-state index contributed by atoms with van der Waals surface area (Å²) in [7, 11) is 0. The van der Waals surface area contributed by atoms with Crippen molar-refractivity contribution in [1.29, 1.82) is 0 Å². The molecule has 0 saturated carbocycles. The van der Waals surface area contributed by atoms with E-state index in [9.17, 15) is 4.79 Å². The normalized spacial score (nSPS) is 20.4. The number of ether oxygens (including phenoxy) is 1. The molecule has 1 aliphatic heterocycles. The van der Waals surface area contributed by atoms with Crippen molar-refractivity contribution in [1.82, 2.24) is 10.2 Å². The van der Waals surface area contributed by atoms with Gasteiger partial charge in [-0.1, -0.05) is 6.92 Å². The van der Waals surface area contributed by atoms with E-state index in [-0.39, 0.29) is 5.91 Å². The minimum absolute atomic E-state index is 0.0674. The van der Waals surface area contributed by atoms with Crippen LogP contribution in [0.2, 0.25) is 0 Å². The van der Waals surface area contributed by atoms with Crippen molar-refractivity contribution in [2.75, 3.05) is 26.3 Å². The SMILES string of the molecule is CC[C@H]1COCCN1CCC(=O)NCc1ccco1. The minimum Gasteiger partial charge on any atom is -0.467 e. The molecule has 0 unspecified atom stereocenters. The highest BCUT2D eigenvalue weighted by Gasteiger charge is 2.21. The summed E-state index contributed by atoms with van der Waals surface area (Å²) >= 11 is 0. The zero-order chi connectivity index (χ0) is 13.5. The second-order valence-electron chi connectivity index (χ2n) is 4.78. The van der Waals surface area contributed by atoms with Crippen LogP contribution in [-0.4, -0.2) is 43.2 Å². The first kappa shape index (κ1) is 14.1. The van der Waals surface area contributed by atoms with Gasteiger partial charge in [0, 0.05) is 25.6 Å². The molecule has 0 aromatic carbocycles. The Morgan fingerprint density at radius 3 is 3.21 bits per heavy atom. The molecule has 106 valence electrons. The smallest absolute Gasteiger partial charge is 0.221 e. The summed E-state index contributed by atoms with van der Waals surface area (Å²) in [5.74, 6) is 0.851. The molecular weight excluding hydrogens is 244 g/mol. The summed E-state index contributed by atoms with van der Waals surface area (Å²) in [4.78, 5) is 14.1. The van der Waals surface area contributed by atoms with Crippen LogP contribution in [0.15, 0.2) is 22.8 Å². The number of nitrogens with zero attached hydrogens (tertiary/aromatic N) is 1. The van der Waals surface area contributed by atoms with Gasteiger partial charge in [-0.05, 0) is 18.6 Å². The Morgan fingerprint density at radius 2 is 2.47 bits per heavy atom. The highest BCUT2D eigenvalue weighted by atomic mass is 16.5. The number of amides is 1. The van der Waals surface area contributed by atoms with E-state index in [4.69, 9.17) is 9.15 Å². The van der Waals surface area contributed by atoms with E-state index in [0.717, 1.165) is 38.5 Å². The fraction of sp³-hybridized carbons (Fsp3) is 0.643. The quantitative estimate of drug-likeness (QED) is 0.845. The van der Waals surface area contributed by atoms with Gasteiger partial charge in [-0.2, -0.15) is 0 Å². The third kappa shape index (κ3) is 4.36. The number of nitrogens with one attached hydrogen (secondary N) is 1. The van der Waals surface area contributed by atoms with Gasteiger partial charge in [0.05, 0.1) is 26.0 Å². The van der Waals surface area contributed by atoms with Crippen molar-refractivity contribution in [3.05, 3.63) is 24.2 Å². The van der Waals surface area contributed by atoms with Crippen molar-refractivity contribution >= 4 is 5.91 Å². The lowest BCUT2D eigenvalue weighted by atomic mass is 10.1. The summed E-state index contributed by atoms with van der Waals surface area (Å²) in [5, 5.41) is 2.87. The van der Waals surface area contributed by atoms with Gasteiger partial charge >= 0.3 is 0 Å². The van der Waals surface area contributed by atoms with E-state index in [2.05, 4.69) is 17.1 Å². The van der Waals surface area contributed by atoms with Crippen LogP contribution in [0.3, 0.4) is 0 Å². The number of carbonyl (C=O) groups excluding carboxylic acids is 1. The van der Waals surface area contributed by atoms with Crippen LogP contribution in [0.5, 0.6) is 0 Å². The van der Waals surface area contributed by atoms with Gasteiger partial charge < -0.3 is 14.5 Å². The van der Waals surface area contributed by atoms with Crippen molar-refractivity contribution in [3.8, 4) is 0 Å². The zero-order valence-electron chi connectivity index (χ0n) is 11.4. The van der Waals surface area contributed by atoms with Gasteiger partial charge in [0.15, 0.2) is 0 Å². The van der Waals surface area contributed by atoms with E-state index in [0.29, 0.717) is 19.0 Å². The molecule has 19 heavy (non-hydrogen) atoms. The van der Waals surface area contributed by atoms with E-state index < -0.39 is 0 Å². The zero-order valence-corrected chi connectivity index (χ0v) is 11.4. The van der Waals surface area contributed by atoms with Gasteiger partial charge in [-0.3, -0.25) is 9.69 Å². The summed E-state index contributed by atoms with van der Waals surface area (Å²) in [6, 6.07) is 4.13. The van der Waals surface area contributed by atoms with Crippen LogP contribution in [0.4, 0.5) is 0 Å². The molecule has 1 aliphatic rings. The second kappa shape index (κ2) is 7.31. The fourth-order valence-electron chi connectivity index (χ4n) is 2.29. The van der Waals surface area contributed by atoms with Crippen molar-refractivity contribution in [2.24, 2.45) is 0 Å². The van der Waals surface area contributed by atoms with Crippen LogP contribution in [0.25, 0.3) is 0 Å². The maximum atomic E-state index is 11.8. The molecule has 1 amide bonds. The summed E-state index contributed by atoms with van der Waals surface area (Å²) < 4.78 is 10.6. The first-order valence-corrected chi connectivity index (χ1v) is 6.90. The molecule has 0 radical (unpaired) electrons. The Hall–Kier alpha value is -1.33. The Morgan fingerprint density at radius 1 is 1.58 bits per heavy atom. The van der Waals surface area contributed by atoms with Crippen molar-refractivity contribution in [2.45, 2.75) is 32.4 Å². The van der Waals surface area contributed by atoms with Crippen LogP contribution >= 0.6 is 0 Å². The van der Waals surface area contributed by atoms with Gasteiger partial charge in [0.1, 0.15) is 5.76 Å². The Labute approximate surface area is 113 Å². The number of furan rings is 1. The van der Waals surface area contributed by atoms with Crippen molar-refractivity contribution < 1.29 is 13.9 Å². The maximum Gasteiger partial charge on any atom is 0.221 e. The predicted octanol–water partition coefficient (Wildman–Crippen LogP) is 1.40. The average Bonchev–Trinajstić information content (AvgIpc) is 2.96. The fourth-order valence-corrected chi connectivity index (χ4v) is 2.29. The van der Waals surface area contributed by atoms with Gasteiger partial charge in [0.25, 0.3) is 0 Å². The highest BCUT2D eigenvalue weighted by Crippen LogP contribution is 2.10. The lowest BCUT2D eigenvalue weighted by Crippen LogP contribution is -2.46. The highest BCUT2D eigenvalue weighted by molar-refractivity contribution is 5.75. The molecule has 1 atom stereocenters. The molecule has 1 N–H and O–H groups in total. The molecule has 0 bridgehead atoms. The lowest BCUT2D eigenvalue weighted by Gasteiger charge is -2.34. The minimum atomic E-state index is 0.0674. The topological polar surface area (TPSA) is 54.7 Å². The summed E-state index contributed by atoms with van der Waals surface area (Å²) in [5.41, 5.74) is 0. The largest absolute Gasteiger partial charge is 0.467 e. The molecule has 5 heteroatoms. The average molecular weight is 266 g/mol. The predicted molar refractivity (Wildman–Crippen MR) is 71.6 cm³/mol. The summed E-state index contributed by atoms with van der Waals surface area (Å²) in [6.07, 6.45) is 3.20. The Bertz CT molecular complexity index is 378. The first-order valence-electron chi connectivity index (χ1n) is 6.90. The standard InChI is InChI=1S/C14H22N2O3/c1-2-12-11-18-9-7-16(12)6-5-14(17)15-10-13-4-3-8-19-13/h3-4,8,12H,2,5-7,9-11H2,1H3,(H,15,17)/t12-/m0/s1. The molecule has 1 fully saturated rings. The molecular formula is C14H22N2O3. The molecule has 0 aliphatic carbocycles.